The number of ether oxygens (including phenoxy) is 2. The number of H-pyrrole nitrogens is 1. The van der Waals surface area contributed by atoms with Crippen molar-refractivity contribution in [1.29, 1.82) is 0 Å². The zero-order valence-corrected chi connectivity index (χ0v) is 15.0. The van der Waals surface area contributed by atoms with Gasteiger partial charge in [0.1, 0.15) is 4.83 Å². The zero-order valence-electron chi connectivity index (χ0n) is 12.6. The summed E-state index contributed by atoms with van der Waals surface area (Å²) in [5.41, 5.74) is -1.82. The number of halogens is 1. The third-order valence-corrected chi connectivity index (χ3v) is 6.22. The van der Waals surface area contributed by atoms with Crippen LogP contribution in [0.1, 0.15) is 18.4 Å². The fraction of sp³-hybridized carbons (Fsp3) is 0.500. The smallest absolute Gasteiger partial charge is 0.334 e. The Kier molecular flexibility index (Phi) is 4.19. The molecule has 2 aromatic rings. The molecule has 124 valence electrons. The Hall–Kier alpha value is -1.45. The number of hydrogen-bond donors (Lipinski definition) is 1. The number of nitrogens with one attached hydrogen (secondary N) is 1. The molecular weight excluding hydrogens is 388 g/mol. The molecule has 1 unspecified atom stereocenters. The number of carbonyl (C=O) groups is 1. The summed E-state index contributed by atoms with van der Waals surface area (Å²) in [7, 11) is 1.24. The summed E-state index contributed by atoms with van der Waals surface area (Å²) >= 11 is 4.65. The lowest BCUT2D eigenvalue weighted by atomic mass is 9.92. The van der Waals surface area contributed by atoms with Gasteiger partial charge in [0.2, 0.25) is 0 Å². The average molecular weight is 403 g/mol. The van der Waals surface area contributed by atoms with Crippen LogP contribution in [0.25, 0.3) is 10.2 Å². The first-order valence-electron chi connectivity index (χ1n) is 7.03. The van der Waals surface area contributed by atoms with E-state index in [1.807, 2.05) is 0 Å². The van der Waals surface area contributed by atoms with Gasteiger partial charge in [-0.25, -0.2) is 14.2 Å². The van der Waals surface area contributed by atoms with E-state index < -0.39 is 22.8 Å². The number of thiophene rings is 1. The maximum Gasteiger partial charge on any atom is 0.334 e. The zero-order chi connectivity index (χ0) is 16.8. The summed E-state index contributed by atoms with van der Waals surface area (Å²) in [6.45, 7) is 2.21. The second-order valence-electron chi connectivity index (χ2n) is 5.45. The van der Waals surface area contributed by atoms with Gasteiger partial charge in [0.05, 0.1) is 22.9 Å². The number of aromatic nitrogens is 2. The molecule has 2 aromatic heterocycles. The van der Waals surface area contributed by atoms with Gasteiger partial charge >= 0.3 is 11.7 Å². The first kappa shape index (κ1) is 16.4. The van der Waals surface area contributed by atoms with E-state index in [0.717, 1.165) is 13.9 Å². The molecule has 1 atom stereocenters. The molecule has 0 spiro atoms. The van der Waals surface area contributed by atoms with E-state index in [9.17, 15) is 14.4 Å². The number of aryl methyl sites for hydroxylation is 1. The highest BCUT2D eigenvalue weighted by Crippen LogP contribution is 2.32. The number of rotatable bonds is 2. The van der Waals surface area contributed by atoms with Crippen molar-refractivity contribution in [3.8, 4) is 0 Å². The van der Waals surface area contributed by atoms with Crippen LogP contribution >= 0.6 is 27.3 Å². The van der Waals surface area contributed by atoms with Crippen LogP contribution in [0.3, 0.4) is 0 Å². The van der Waals surface area contributed by atoms with Crippen molar-refractivity contribution >= 4 is 43.5 Å². The summed E-state index contributed by atoms with van der Waals surface area (Å²) in [6, 6.07) is 0. The van der Waals surface area contributed by atoms with Crippen molar-refractivity contribution in [2.24, 2.45) is 0 Å². The molecule has 9 heteroatoms. The molecule has 1 fully saturated rings. The molecule has 0 aromatic carbocycles. The Labute approximate surface area is 143 Å². The van der Waals surface area contributed by atoms with E-state index >= 15 is 0 Å². The molecule has 0 bridgehead atoms. The molecule has 0 radical (unpaired) electrons. The number of hydrogen-bond acceptors (Lipinski definition) is 6. The summed E-state index contributed by atoms with van der Waals surface area (Å²) in [5, 5.41) is 0.398. The van der Waals surface area contributed by atoms with Crippen molar-refractivity contribution in [3.05, 3.63) is 30.2 Å². The molecule has 3 heterocycles. The molecule has 1 N–H and O–H groups in total. The Morgan fingerprint density at radius 2 is 2.22 bits per heavy atom. The van der Waals surface area contributed by atoms with Gasteiger partial charge in [0.15, 0.2) is 5.54 Å². The standard InChI is InChI=1S/C14H15BrN2O5S/c1-7-8-10(23-9(7)15)16-13(20)17(11(8)18)14(12(19)21-2)4-3-5-22-6-14/h3-6H2,1-2H3,(H,16,20). The molecule has 23 heavy (non-hydrogen) atoms. The predicted octanol–water partition coefficient (Wildman–Crippen LogP) is 1.50. The third-order valence-electron chi connectivity index (χ3n) is 4.14. The lowest BCUT2D eigenvalue weighted by molar-refractivity contribution is -0.159. The summed E-state index contributed by atoms with van der Waals surface area (Å²) in [6.07, 6.45) is 0.879. The van der Waals surface area contributed by atoms with Gasteiger partial charge in [-0.2, -0.15) is 0 Å². The molecule has 0 amide bonds. The van der Waals surface area contributed by atoms with Crippen LogP contribution in [0.5, 0.6) is 0 Å². The van der Waals surface area contributed by atoms with E-state index in [1.165, 1.54) is 18.4 Å². The minimum absolute atomic E-state index is 0.0570. The SMILES string of the molecule is COC(=O)C1(n2c(=O)[nH]c3sc(Br)c(C)c3c2=O)CCCOC1. The Balaban J connectivity index is 2.37. The Morgan fingerprint density at radius 1 is 1.48 bits per heavy atom. The largest absolute Gasteiger partial charge is 0.467 e. The highest BCUT2D eigenvalue weighted by molar-refractivity contribution is 9.11. The monoisotopic (exact) mass is 402 g/mol. The van der Waals surface area contributed by atoms with Crippen molar-refractivity contribution < 1.29 is 14.3 Å². The van der Waals surface area contributed by atoms with Gasteiger partial charge < -0.3 is 9.47 Å². The van der Waals surface area contributed by atoms with Gasteiger partial charge in [-0.1, -0.05) is 0 Å². The van der Waals surface area contributed by atoms with Crippen LogP contribution in [-0.2, 0) is 19.8 Å². The lowest BCUT2D eigenvalue weighted by Gasteiger charge is -2.34. The summed E-state index contributed by atoms with van der Waals surface area (Å²) < 4.78 is 12.0. The van der Waals surface area contributed by atoms with Crippen LogP contribution in [0.4, 0.5) is 0 Å². The van der Waals surface area contributed by atoms with Gasteiger partial charge in [-0.3, -0.25) is 9.78 Å². The van der Waals surface area contributed by atoms with Crippen LogP contribution in [-0.4, -0.2) is 35.8 Å². The van der Waals surface area contributed by atoms with Gasteiger partial charge in [-0.05, 0) is 41.3 Å². The number of fused-ring (bicyclic) bond motifs is 1. The van der Waals surface area contributed by atoms with E-state index in [4.69, 9.17) is 9.47 Å². The fourth-order valence-electron chi connectivity index (χ4n) is 2.98. The number of methoxy groups -OCH3 is 1. The van der Waals surface area contributed by atoms with Crippen LogP contribution < -0.4 is 11.2 Å². The van der Waals surface area contributed by atoms with Crippen molar-refractivity contribution in [1.82, 2.24) is 9.55 Å². The van der Waals surface area contributed by atoms with Crippen LogP contribution in [0.15, 0.2) is 13.4 Å². The molecule has 1 aliphatic rings. The molecule has 0 aliphatic carbocycles. The van der Waals surface area contributed by atoms with E-state index in [2.05, 4.69) is 20.9 Å². The number of carbonyl (C=O) groups excluding carboxylic acids is 1. The highest BCUT2D eigenvalue weighted by Gasteiger charge is 2.46. The predicted molar refractivity (Wildman–Crippen MR) is 89.2 cm³/mol. The highest BCUT2D eigenvalue weighted by atomic mass is 79.9. The van der Waals surface area contributed by atoms with Gasteiger partial charge in [0.25, 0.3) is 5.56 Å². The third kappa shape index (κ3) is 2.38. The molecule has 7 nitrogen and oxygen atoms in total. The van der Waals surface area contributed by atoms with E-state index in [-0.39, 0.29) is 6.61 Å². The molecule has 3 rings (SSSR count). The van der Waals surface area contributed by atoms with Crippen molar-refractivity contribution in [2.75, 3.05) is 20.3 Å². The average Bonchev–Trinajstić information content (AvgIpc) is 2.81. The molecule has 1 saturated heterocycles. The minimum atomic E-state index is -1.42. The first-order valence-corrected chi connectivity index (χ1v) is 8.64. The van der Waals surface area contributed by atoms with E-state index in [0.29, 0.717) is 29.7 Å². The summed E-state index contributed by atoms with van der Waals surface area (Å²) in [5.74, 6) is -0.643. The first-order chi connectivity index (χ1) is 10.9. The second-order valence-corrected chi connectivity index (χ2v) is 7.79. The van der Waals surface area contributed by atoms with E-state index in [1.54, 1.807) is 6.92 Å². The van der Waals surface area contributed by atoms with Gasteiger partial charge in [0, 0.05) is 6.61 Å². The van der Waals surface area contributed by atoms with Crippen LogP contribution in [0, 0.1) is 6.92 Å². The molecular formula is C14H15BrN2O5S. The minimum Gasteiger partial charge on any atom is -0.467 e. The summed E-state index contributed by atoms with van der Waals surface area (Å²) in [4.78, 5) is 41.1. The van der Waals surface area contributed by atoms with Crippen molar-refractivity contribution in [2.45, 2.75) is 25.3 Å². The fourth-order valence-corrected chi connectivity index (χ4v) is 4.57. The number of esters is 1. The number of nitrogens with zero attached hydrogens (tertiary/aromatic N) is 1. The van der Waals surface area contributed by atoms with Crippen molar-refractivity contribution in [3.63, 3.8) is 0 Å². The van der Waals surface area contributed by atoms with Gasteiger partial charge in [-0.15, -0.1) is 11.3 Å². The Morgan fingerprint density at radius 3 is 2.83 bits per heavy atom. The second kappa shape index (κ2) is 5.88. The quantitative estimate of drug-likeness (QED) is 0.768. The maximum absolute atomic E-state index is 13.0. The van der Waals surface area contributed by atoms with Crippen LogP contribution in [0.2, 0.25) is 0 Å². The Bertz CT molecular complexity index is 891. The normalized spacial score (nSPS) is 21.5. The topological polar surface area (TPSA) is 90.4 Å². The number of aromatic amines is 1. The molecule has 1 aliphatic heterocycles. The molecule has 0 saturated carbocycles. The lowest BCUT2D eigenvalue weighted by Crippen LogP contribution is -2.58. The maximum atomic E-state index is 13.0.